The first-order valence-corrected chi connectivity index (χ1v) is 5.10. The van der Waals surface area contributed by atoms with Crippen LogP contribution in [-0.4, -0.2) is 19.4 Å². The van der Waals surface area contributed by atoms with Crippen LogP contribution in [0.3, 0.4) is 0 Å². The maximum Gasteiger partial charge on any atom is 0.230 e. The van der Waals surface area contributed by atoms with Crippen molar-refractivity contribution in [2.75, 3.05) is 14.2 Å². The summed E-state index contributed by atoms with van der Waals surface area (Å²) >= 11 is 17.5. The van der Waals surface area contributed by atoms with Crippen molar-refractivity contribution in [2.45, 2.75) is 0 Å². The molecule has 0 spiro atoms. The van der Waals surface area contributed by atoms with Gasteiger partial charge in [-0.3, -0.25) is 0 Å². The standard InChI is InChI=1S/C8H8Cl3NO4/c1-15-7-3(9)4(10)8(16-2)6(5(7)11)12(13)14/h12-13H,1-2H3. The Hall–Kier alpha value is -0.430. The van der Waals surface area contributed by atoms with Crippen LogP contribution in [0.25, 0.3) is 0 Å². The summed E-state index contributed by atoms with van der Waals surface area (Å²) in [5.74, 6) is -0.0866. The van der Waals surface area contributed by atoms with E-state index < -0.39 is 5.23 Å². The smallest absolute Gasteiger partial charge is 0.230 e. The van der Waals surface area contributed by atoms with Crippen molar-refractivity contribution in [3.8, 4) is 11.5 Å². The minimum Gasteiger partial charge on any atom is -0.595 e. The predicted molar refractivity (Wildman–Crippen MR) is 60.4 cm³/mol. The van der Waals surface area contributed by atoms with Crippen LogP contribution < -0.4 is 14.7 Å². The van der Waals surface area contributed by atoms with Crippen LogP contribution in [0.15, 0.2) is 0 Å². The number of rotatable bonds is 3. The molecule has 0 aliphatic carbocycles. The van der Waals surface area contributed by atoms with Crippen LogP contribution in [-0.2, 0) is 0 Å². The third-order valence-corrected chi connectivity index (χ3v) is 3.04. The fraction of sp³-hybridized carbons (Fsp3) is 0.250. The number of ether oxygens (including phenoxy) is 2. The summed E-state index contributed by atoms with van der Waals surface area (Å²) in [6.07, 6.45) is 0. The fourth-order valence-electron chi connectivity index (χ4n) is 1.18. The average molecular weight is 289 g/mol. The number of hydrogen-bond acceptors (Lipinski definition) is 4. The van der Waals surface area contributed by atoms with Gasteiger partial charge in [-0.05, 0) is 0 Å². The van der Waals surface area contributed by atoms with Gasteiger partial charge in [0.1, 0.15) is 10.0 Å². The van der Waals surface area contributed by atoms with Crippen molar-refractivity contribution in [3.05, 3.63) is 20.3 Å². The van der Waals surface area contributed by atoms with Crippen LogP contribution >= 0.6 is 34.8 Å². The molecule has 1 unspecified atom stereocenters. The molecular weight excluding hydrogens is 280 g/mol. The van der Waals surface area contributed by atoms with Crippen molar-refractivity contribution < 1.29 is 19.9 Å². The Balaban J connectivity index is 3.64. The highest BCUT2D eigenvalue weighted by Crippen LogP contribution is 2.48. The molecule has 0 heterocycles. The highest BCUT2D eigenvalue weighted by atomic mass is 35.5. The van der Waals surface area contributed by atoms with E-state index in [1.54, 1.807) is 0 Å². The summed E-state index contributed by atoms with van der Waals surface area (Å²) in [5.41, 5.74) is -0.282. The largest absolute Gasteiger partial charge is 0.595 e. The molecule has 0 aliphatic rings. The molecule has 0 fully saturated rings. The fourth-order valence-corrected chi connectivity index (χ4v) is 2.08. The van der Waals surface area contributed by atoms with Crippen molar-refractivity contribution >= 4 is 40.5 Å². The zero-order chi connectivity index (χ0) is 12.5. The van der Waals surface area contributed by atoms with E-state index in [0.29, 0.717) is 0 Å². The van der Waals surface area contributed by atoms with Crippen LogP contribution in [0.4, 0.5) is 5.69 Å². The lowest BCUT2D eigenvalue weighted by molar-refractivity contribution is -0.991. The number of halogens is 3. The van der Waals surface area contributed by atoms with Gasteiger partial charge in [-0.15, -0.1) is 0 Å². The van der Waals surface area contributed by atoms with E-state index in [4.69, 9.17) is 49.5 Å². The topological polar surface area (TPSA) is 66.2 Å². The van der Waals surface area contributed by atoms with Crippen LogP contribution in [0.1, 0.15) is 0 Å². The monoisotopic (exact) mass is 287 g/mol. The van der Waals surface area contributed by atoms with Crippen molar-refractivity contribution in [3.63, 3.8) is 0 Å². The number of benzene rings is 1. The zero-order valence-electron chi connectivity index (χ0n) is 8.31. The average Bonchev–Trinajstić information content (AvgIpc) is 2.23. The molecule has 8 heteroatoms. The summed E-state index contributed by atoms with van der Waals surface area (Å²) in [4.78, 5) is 0. The van der Waals surface area contributed by atoms with Gasteiger partial charge in [-0.2, -0.15) is 5.23 Å². The third-order valence-electron chi connectivity index (χ3n) is 1.86. The van der Waals surface area contributed by atoms with E-state index in [-0.39, 0.29) is 32.3 Å². The molecule has 1 aromatic rings. The van der Waals surface area contributed by atoms with Gasteiger partial charge in [-0.1, -0.05) is 34.8 Å². The van der Waals surface area contributed by atoms with E-state index >= 15 is 0 Å². The summed E-state index contributed by atoms with van der Waals surface area (Å²) in [7, 11) is 2.58. The number of quaternary nitrogens is 1. The van der Waals surface area contributed by atoms with Gasteiger partial charge >= 0.3 is 0 Å². The Labute approximate surface area is 107 Å². The molecule has 2 N–H and O–H groups in total. The molecule has 0 saturated heterocycles. The molecule has 0 radical (unpaired) electrons. The Morgan fingerprint density at radius 1 is 1.00 bits per heavy atom. The lowest BCUT2D eigenvalue weighted by Gasteiger charge is -2.19. The van der Waals surface area contributed by atoms with Crippen LogP contribution in [0.2, 0.25) is 15.1 Å². The van der Waals surface area contributed by atoms with E-state index in [1.165, 1.54) is 14.2 Å². The molecule has 90 valence electrons. The highest BCUT2D eigenvalue weighted by molar-refractivity contribution is 6.46. The zero-order valence-corrected chi connectivity index (χ0v) is 10.6. The van der Waals surface area contributed by atoms with Crippen molar-refractivity contribution in [1.29, 1.82) is 0 Å². The maximum absolute atomic E-state index is 11.0. The Morgan fingerprint density at radius 2 is 1.44 bits per heavy atom. The van der Waals surface area contributed by atoms with Gasteiger partial charge < -0.3 is 14.7 Å². The highest BCUT2D eigenvalue weighted by Gasteiger charge is 2.27. The summed E-state index contributed by atoms with van der Waals surface area (Å²) in [6, 6.07) is 0. The number of hydrogen-bond donors (Lipinski definition) is 2. The Bertz CT molecular complexity index is 411. The third kappa shape index (κ3) is 2.15. The van der Waals surface area contributed by atoms with Crippen molar-refractivity contribution in [1.82, 2.24) is 0 Å². The first-order chi connectivity index (χ1) is 7.45. The molecule has 0 aromatic heterocycles. The molecule has 0 amide bonds. The van der Waals surface area contributed by atoms with Gasteiger partial charge in [0.15, 0.2) is 10.8 Å². The molecule has 5 nitrogen and oxygen atoms in total. The first-order valence-electron chi connectivity index (χ1n) is 3.97. The van der Waals surface area contributed by atoms with Gasteiger partial charge in [-0.25, -0.2) is 5.21 Å². The lowest BCUT2D eigenvalue weighted by atomic mass is 10.2. The number of methoxy groups -OCH3 is 2. The minimum absolute atomic E-state index is 0.00605. The number of nitrogens with one attached hydrogen (secondary N) is 1. The van der Waals surface area contributed by atoms with E-state index in [2.05, 4.69) is 0 Å². The molecule has 16 heavy (non-hydrogen) atoms. The Kier molecular flexibility index (Phi) is 4.49. The molecule has 1 rings (SSSR count). The lowest BCUT2D eigenvalue weighted by Crippen LogP contribution is -2.99. The van der Waals surface area contributed by atoms with Crippen LogP contribution in [0.5, 0.6) is 11.5 Å². The summed E-state index contributed by atoms with van der Waals surface area (Å²) < 4.78 is 9.74. The molecule has 1 atom stereocenters. The summed E-state index contributed by atoms with van der Waals surface area (Å²) in [6.45, 7) is 0. The quantitative estimate of drug-likeness (QED) is 0.660. The van der Waals surface area contributed by atoms with E-state index in [1.807, 2.05) is 0 Å². The predicted octanol–water partition coefficient (Wildman–Crippen LogP) is 2.07. The molecule has 0 saturated carbocycles. The van der Waals surface area contributed by atoms with Gasteiger partial charge in [0, 0.05) is 0 Å². The Morgan fingerprint density at radius 3 is 1.81 bits per heavy atom. The normalized spacial score (nSPS) is 12.4. The van der Waals surface area contributed by atoms with Crippen LogP contribution in [0, 0.1) is 5.21 Å². The first kappa shape index (κ1) is 13.6. The molecule has 1 aromatic carbocycles. The van der Waals surface area contributed by atoms with Gasteiger partial charge in [0.2, 0.25) is 11.4 Å². The second-order valence-electron chi connectivity index (χ2n) is 2.69. The maximum atomic E-state index is 11.0. The molecular formula is C8H8Cl3NO4. The summed E-state index contributed by atoms with van der Waals surface area (Å²) in [5, 5.41) is 18.5. The SMILES string of the molecule is COc1c(Cl)c(Cl)c(OC)c([NH+]([O-])O)c1Cl. The van der Waals surface area contributed by atoms with E-state index in [9.17, 15) is 5.21 Å². The second kappa shape index (κ2) is 5.27. The second-order valence-corrected chi connectivity index (χ2v) is 3.82. The van der Waals surface area contributed by atoms with Gasteiger partial charge in [0.05, 0.1) is 14.2 Å². The van der Waals surface area contributed by atoms with Gasteiger partial charge in [0.25, 0.3) is 0 Å². The molecule has 0 bridgehead atoms. The molecule has 0 aliphatic heterocycles. The van der Waals surface area contributed by atoms with Crippen molar-refractivity contribution in [2.24, 2.45) is 0 Å². The minimum atomic E-state index is -1.28. The van der Waals surface area contributed by atoms with E-state index in [0.717, 1.165) is 0 Å².